The number of halogens is 1. The molecule has 1 heterocycles. The van der Waals surface area contributed by atoms with Gasteiger partial charge in [0.25, 0.3) is 5.22 Å². The number of Topliss-reactive ketones (excluding diaryl/α,β-unsaturated/α-hetero) is 1. The summed E-state index contributed by atoms with van der Waals surface area (Å²) >= 11 is 4.61. The molecule has 1 aromatic carbocycles. The molecular weight excluding hydrogens is 316 g/mol. The zero-order valence-electron chi connectivity index (χ0n) is 9.88. The molecular formula is C12H11BrN2O2S. The zero-order chi connectivity index (χ0) is 13.1. The summed E-state index contributed by atoms with van der Waals surface area (Å²) < 4.78 is 6.19. The zero-order valence-corrected chi connectivity index (χ0v) is 12.3. The number of carbonyl (C=O) groups is 1. The molecule has 0 aliphatic heterocycles. The number of hydrogen-bond acceptors (Lipinski definition) is 5. The minimum Gasteiger partial charge on any atom is -0.416 e. The second-order valence-corrected chi connectivity index (χ2v) is 5.93. The number of rotatable bonds is 4. The Bertz CT molecular complexity index is 553. The summed E-state index contributed by atoms with van der Waals surface area (Å²) in [6.45, 7) is 3.55. The van der Waals surface area contributed by atoms with Crippen molar-refractivity contribution < 1.29 is 9.21 Å². The Morgan fingerprint density at radius 3 is 2.56 bits per heavy atom. The molecule has 0 aliphatic carbocycles. The van der Waals surface area contributed by atoms with Crippen LogP contribution in [0, 0.1) is 6.92 Å². The number of nitrogens with zero attached hydrogens (tertiary/aromatic N) is 2. The van der Waals surface area contributed by atoms with Crippen LogP contribution in [0.1, 0.15) is 23.2 Å². The van der Waals surface area contributed by atoms with Crippen molar-refractivity contribution in [1.29, 1.82) is 0 Å². The van der Waals surface area contributed by atoms with Crippen molar-refractivity contribution >= 4 is 33.5 Å². The monoisotopic (exact) mass is 326 g/mol. The smallest absolute Gasteiger partial charge is 0.277 e. The first-order valence-electron chi connectivity index (χ1n) is 5.33. The van der Waals surface area contributed by atoms with Gasteiger partial charge in [-0.05, 0) is 19.1 Å². The molecule has 2 aromatic rings. The number of carbonyl (C=O) groups excluding carboxylic acids is 1. The largest absolute Gasteiger partial charge is 0.416 e. The van der Waals surface area contributed by atoms with Crippen LogP contribution >= 0.6 is 27.7 Å². The molecule has 2 rings (SSSR count). The number of ketones is 1. The maximum absolute atomic E-state index is 12.1. The van der Waals surface area contributed by atoms with Gasteiger partial charge in [0, 0.05) is 17.0 Å². The number of aromatic nitrogens is 2. The van der Waals surface area contributed by atoms with Gasteiger partial charge in [-0.2, -0.15) is 0 Å². The second-order valence-electron chi connectivity index (χ2n) is 3.72. The lowest BCUT2D eigenvalue weighted by Gasteiger charge is -2.07. The van der Waals surface area contributed by atoms with Crippen molar-refractivity contribution in [3.05, 3.63) is 40.2 Å². The molecule has 4 nitrogen and oxygen atoms in total. The molecule has 0 amide bonds. The molecule has 0 spiro atoms. The summed E-state index contributed by atoms with van der Waals surface area (Å²) in [4.78, 5) is 12.1. The summed E-state index contributed by atoms with van der Waals surface area (Å²) in [6.07, 6.45) is 0. The summed E-state index contributed by atoms with van der Waals surface area (Å²) in [5.74, 6) is 0.546. The van der Waals surface area contributed by atoms with Crippen molar-refractivity contribution in [2.24, 2.45) is 0 Å². The van der Waals surface area contributed by atoms with Gasteiger partial charge in [-0.25, -0.2) is 0 Å². The van der Waals surface area contributed by atoms with Crippen molar-refractivity contribution in [1.82, 2.24) is 10.2 Å². The third-order valence-corrected chi connectivity index (χ3v) is 3.75. The summed E-state index contributed by atoms with van der Waals surface area (Å²) in [5, 5.41) is 7.75. The van der Waals surface area contributed by atoms with E-state index < -0.39 is 0 Å². The van der Waals surface area contributed by atoms with Crippen LogP contribution < -0.4 is 0 Å². The maximum atomic E-state index is 12.1. The lowest BCUT2D eigenvalue weighted by Crippen LogP contribution is -2.13. The summed E-state index contributed by atoms with van der Waals surface area (Å²) in [6, 6.07) is 7.29. The minimum absolute atomic E-state index is 0.0448. The highest BCUT2D eigenvalue weighted by atomic mass is 79.9. The average Bonchev–Trinajstić information content (AvgIpc) is 2.75. The van der Waals surface area contributed by atoms with Crippen LogP contribution in [0.4, 0.5) is 0 Å². The van der Waals surface area contributed by atoms with E-state index in [0.717, 1.165) is 4.47 Å². The molecule has 0 N–H and O–H groups in total. The fourth-order valence-electron chi connectivity index (χ4n) is 1.38. The van der Waals surface area contributed by atoms with Crippen LogP contribution in [0.25, 0.3) is 0 Å². The van der Waals surface area contributed by atoms with Gasteiger partial charge < -0.3 is 4.42 Å². The van der Waals surface area contributed by atoms with Crippen LogP contribution in [0.5, 0.6) is 0 Å². The van der Waals surface area contributed by atoms with E-state index in [0.29, 0.717) is 16.7 Å². The van der Waals surface area contributed by atoms with Gasteiger partial charge in [0.15, 0.2) is 5.78 Å². The third-order valence-electron chi connectivity index (χ3n) is 2.28. The molecule has 1 atom stereocenters. The molecule has 0 saturated heterocycles. The van der Waals surface area contributed by atoms with E-state index in [2.05, 4.69) is 26.1 Å². The van der Waals surface area contributed by atoms with Crippen LogP contribution in [-0.2, 0) is 0 Å². The lowest BCUT2D eigenvalue weighted by atomic mass is 10.1. The first-order valence-corrected chi connectivity index (χ1v) is 7.00. The molecule has 6 heteroatoms. The van der Waals surface area contributed by atoms with Crippen LogP contribution in [0.15, 0.2) is 38.4 Å². The van der Waals surface area contributed by atoms with E-state index in [9.17, 15) is 4.79 Å². The lowest BCUT2D eigenvalue weighted by molar-refractivity contribution is 0.0993. The van der Waals surface area contributed by atoms with Gasteiger partial charge >= 0.3 is 0 Å². The van der Waals surface area contributed by atoms with Gasteiger partial charge in [0.2, 0.25) is 5.89 Å². The number of benzene rings is 1. The first kappa shape index (κ1) is 13.3. The van der Waals surface area contributed by atoms with Gasteiger partial charge in [0.1, 0.15) is 0 Å². The Morgan fingerprint density at radius 1 is 1.33 bits per heavy atom. The standard InChI is InChI=1S/C12H11BrN2O2S/c1-7(18-12-15-14-8(2)17-12)11(16)9-3-5-10(13)6-4-9/h3-7H,1-2H3. The molecule has 0 radical (unpaired) electrons. The summed E-state index contributed by atoms with van der Waals surface area (Å²) in [7, 11) is 0. The third kappa shape index (κ3) is 3.20. The average molecular weight is 327 g/mol. The van der Waals surface area contributed by atoms with Gasteiger partial charge in [-0.3, -0.25) is 4.79 Å². The predicted molar refractivity (Wildman–Crippen MR) is 72.8 cm³/mol. The maximum Gasteiger partial charge on any atom is 0.277 e. The van der Waals surface area contributed by atoms with Crippen molar-refractivity contribution in [2.75, 3.05) is 0 Å². The number of aryl methyl sites for hydroxylation is 1. The quantitative estimate of drug-likeness (QED) is 0.635. The molecule has 94 valence electrons. The van der Waals surface area contributed by atoms with Gasteiger partial charge in [-0.1, -0.05) is 39.8 Å². The first-order chi connectivity index (χ1) is 8.56. The highest BCUT2D eigenvalue weighted by molar-refractivity contribution is 9.10. The Balaban J connectivity index is 2.07. The van der Waals surface area contributed by atoms with E-state index in [4.69, 9.17) is 4.42 Å². The van der Waals surface area contributed by atoms with Crippen LogP contribution in [0.3, 0.4) is 0 Å². The van der Waals surface area contributed by atoms with Crippen LogP contribution in [0.2, 0.25) is 0 Å². The molecule has 1 unspecified atom stereocenters. The predicted octanol–water partition coefficient (Wildman–Crippen LogP) is 3.50. The Kier molecular flexibility index (Phi) is 4.19. The molecule has 1 aromatic heterocycles. The normalized spacial score (nSPS) is 12.4. The number of thioether (sulfide) groups is 1. The van der Waals surface area contributed by atoms with Crippen molar-refractivity contribution in [2.45, 2.75) is 24.3 Å². The van der Waals surface area contributed by atoms with E-state index >= 15 is 0 Å². The highest BCUT2D eigenvalue weighted by Crippen LogP contribution is 2.24. The highest BCUT2D eigenvalue weighted by Gasteiger charge is 2.19. The van der Waals surface area contributed by atoms with E-state index in [-0.39, 0.29) is 11.0 Å². The molecule has 0 saturated carbocycles. The molecule has 18 heavy (non-hydrogen) atoms. The second kappa shape index (κ2) is 5.67. The molecule has 0 aliphatic rings. The summed E-state index contributed by atoms with van der Waals surface area (Å²) in [5.41, 5.74) is 0.675. The fraction of sp³-hybridized carbons (Fsp3) is 0.250. The Labute approximate surface area is 117 Å². The molecule has 0 fully saturated rings. The van der Waals surface area contributed by atoms with Crippen molar-refractivity contribution in [3.8, 4) is 0 Å². The van der Waals surface area contributed by atoms with Gasteiger partial charge in [0.05, 0.1) is 5.25 Å². The van der Waals surface area contributed by atoms with E-state index in [1.807, 2.05) is 19.1 Å². The van der Waals surface area contributed by atoms with Crippen molar-refractivity contribution in [3.63, 3.8) is 0 Å². The van der Waals surface area contributed by atoms with Crippen LogP contribution in [-0.4, -0.2) is 21.2 Å². The molecule has 0 bridgehead atoms. The van der Waals surface area contributed by atoms with E-state index in [1.165, 1.54) is 11.8 Å². The Hall–Kier alpha value is -1.14. The number of hydrogen-bond donors (Lipinski definition) is 0. The Morgan fingerprint density at radius 2 is 2.00 bits per heavy atom. The van der Waals surface area contributed by atoms with E-state index in [1.54, 1.807) is 19.1 Å². The van der Waals surface area contributed by atoms with Gasteiger partial charge in [-0.15, -0.1) is 10.2 Å². The SMILES string of the molecule is Cc1nnc(SC(C)C(=O)c2ccc(Br)cc2)o1. The topological polar surface area (TPSA) is 56.0 Å². The fourth-order valence-corrected chi connectivity index (χ4v) is 2.45. The minimum atomic E-state index is -0.258.